The standard InChI is InChI=1S/C21H30N6O3/c1-4-10-16(11-5-1)25-28-19-22-20(29-26-17-12-6-2-7-13-17)24-21(23-19)30-27-18-14-8-3-9-15-18/h1-15H2. The van der Waals surface area contributed by atoms with E-state index in [9.17, 15) is 0 Å². The van der Waals surface area contributed by atoms with Crippen LogP contribution < -0.4 is 14.5 Å². The van der Waals surface area contributed by atoms with E-state index in [1.807, 2.05) is 0 Å². The first kappa shape index (κ1) is 20.7. The van der Waals surface area contributed by atoms with Crippen molar-refractivity contribution in [2.75, 3.05) is 0 Å². The normalized spacial score (nSPS) is 19.8. The van der Waals surface area contributed by atoms with Gasteiger partial charge in [0.2, 0.25) is 0 Å². The molecule has 1 heterocycles. The fourth-order valence-electron chi connectivity index (χ4n) is 3.91. The van der Waals surface area contributed by atoms with E-state index >= 15 is 0 Å². The molecule has 3 fully saturated rings. The van der Waals surface area contributed by atoms with Gasteiger partial charge in [0, 0.05) is 0 Å². The highest BCUT2D eigenvalue weighted by Gasteiger charge is 2.15. The predicted octanol–water partition coefficient (Wildman–Crippen LogP) is 4.97. The highest BCUT2D eigenvalue weighted by atomic mass is 16.7. The van der Waals surface area contributed by atoms with Crippen molar-refractivity contribution in [3.8, 4) is 18.0 Å². The lowest BCUT2D eigenvalue weighted by Gasteiger charge is -2.12. The first-order chi connectivity index (χ1) is 14.8. The Kier molecular flexibility index (Phi) is 7.57. The second-order valence-electron chi connectivity index (χ2n) is 8.11. The summed E-state index contributed by atoms with van der Waals surface area (Å²) in [5.41, 5.74) is 3.07. The number of nitrogens with zero attached hydrogens (tertiary/aromatic N) is 6. The fourth-order valence-corrected chi connectivity index (χ4v) is 3.91. The van der Waals surface area contributed by atoms with Gasteiger partial charge in [-0.15, -0.1) is 15.0 Å². The Morgan fingerprint density at radius 3 is 0.933 bits per heavy atom. The molecule has 0 amide bonds. The van der Waals surface area contributed by atoms with E-state index in [4.69, 9.17) is 14.5 Å². The minimum atomic E-state index is 0.0285. The molecule has 0 radical (unpaired) electrons. The Hall–Kier alpha value is -2.58. The van der Waals surface area contributed by atoms with Crippen LogP contribution in [0.1, 0.15) is 96.3 Å². The van der Waals surface area contributed by atoms with Crippen LogP contribution in [0.15, 0.2) is 15.5 Å². The molecule has 0 saturated heterocycles. The van der Waals surface area contributed by atoms with Gasteiger partial charge in [-0.1, -0.05) is 34.7 Å². The summed E-state index contributed by atoms with van der Waals surface area (Å²) in [7, 11) is 0. The van der Waals surface area contributed by atoms with E-state index in [2.05, 4.69) is 30.4 Å². The molecule has 0 spiro atoms. The number of aromatic nitrogens is 3. The molecule has 0 unspecified atom stereocenters. The maximum absolute atomic E-state index is 5.48. The first-order valence-corrected chi connectivity index (χ1v) is 11.3. The zero-order chi connectivity index (χ0) is 20.4. The molecule has 162 valence electrons. The third-order valence-corrected chi connectivity index (χ3v) is 5.64. The minimum absolute atomic E-state index is 0.0285. The van der Waals surface area contributed by atoms with Crippen LogP contribution in [-0.4, -0.2) is 32.1 Å². The smallest absolute Gasteiger partial charge is 0.315 e. The molecule has 0 aromatic carbocycles. The van der Waals surface area contributed by atoms with Crippen LogP contribution in [0.25, 0.3) is 0 Å². The first-order valence-electron chi connectivity index (χ1n) is 11.3. The second kappa shape index (κ2) is 11.0. The molecule has 0 N–H and O–H groups in total. The van der Waals surface area contributed by atoms with Crippen molar-refractivity contribution in [2.24, 2.45) is 15.5 Å². The summed E-state index contributed by atoms with van der Waals surface area (Å²) < 4.78 is 0. The Bertz CT molecular complexity index is 667. The largest absolute Gasteiger partial charge is 0.355 e. The maximum atomic E-state index is 5.48. The topological polar surface area (TPSA) is 103 Å². The molecule has 0 aliphatic heterocycles. The molecule has 1 aromatic heterocycles. The molecule has 9 heteroatoms. The molecule has 4 rings (SSSR count). The summed E-state index contributed by atoms with van der Waals surface area (Å²) in [6.07, 6.45) is 16.2. The van der Waals surface area contributed by atoms with Crippen LogP contribution in [0, 0.1) is 0 Å². The summed E-state index contributed by atoms with van der Waals surface area (Å²) in [6, 6.07) is 0.0854. The average molecular weight is 415 g/mol. The third-order valence-electron chi connectivity index (χ3n) is 5.64. The van der Waals surface area contributed by atoms with E-state index < -0.39 is 0 Å². The van der Waals surface area contributed by atoms with Crippen molar-refractivity contribution in [3.05, 3.63) is 0 Å². The second-order valence-corrected chi connectivity index (χ2v) is 8.11. The lowest BCUT2D eigenvalue weighted by Crippen LogP contribution is -2.10. The van der Waals surface area contributed by atoms with Crippen molar-refractivity contribution in [1.29, 1.82) is 0 Å². The van der Waals surface area contributed by atoms with Gasteiger partial charge in [0.1, 0.15) is 0 Å². The number of hydrogen-bond donors (Lipinski definition) is 0. The monoisotopic (exact) mass is 414 g/mol. The van der Waals surface area contributed by atoms with Crippen molar-refractivity contribution >= 4 is 17.1 Å². The van der Waals surface area contributed by atoms with Crippen molar-refractivity contribution in [1.82, 2.24) is 15.0 Å². The Morgan fingerprint density at radius 2 is 0.667 bits per heavy atom. The molecular formula is C21H30N6O3. The van der Waals surface area contributed by atoms with Gasteiger partial charge in [-0.05, 0) is 77.0 Å². The highest BCUT2D eigenvalue weighted by molar-refractivity contribution is 5.85. The van der Waals surface area contributed by atoms with Gasteiger partial charge in [-0.3, -0.25) is 0 Å². The highest BCUT2D eigenvalue weighted by Crippen LogP contribution is 2.20. The maximum Gasteiger partial charge on any atom is 0.355 e. The number of oxime groups is 3. The van der Waals surface area contributed by atoms with E-state index in [1.54, 1.807) is 0 Å². The quantitative estimate of drug-likeness (QED) is 0.609. The van der Waals surface area contributed by atoms with Crippen LogP contribution in [0.4, 0.5) is 0 Å². The summed E-state index contributed by atoms with van der Waals surface area (Å²) in [5.74, 6) is 0. The zero-order valence-corrected chi connectivity index (χ0v) is 17.5. The van der Waals surface area contributed by atoms with E-state index in [1.165, 1.54) is 19.3 Å². The van der Waals surface area contributed by atoms with Crippen LogP contribution in [-0.2, 0) is 0 Å². The summed E-state index contributed by atoms with van der Waals surface area (Å²) in [6.45, 7) is 0. The number of rotatable bonds is 6. The van der Waals surface area contributed by atoms with Crippen molar-refractivity contribution in [2.45, 2.75) is 96.3 Å². The van der Waals surface area contributed by atoms with Gasteiger partial charge in [0.05, 0.1) is 17.1 Å². The average Bonchev–Trinajstić information content (AvgIpc) is 2.82. The zero-order valence-electron chi connectivity index (χ0n) is 17.5. The third kappa shape index (κ3) is 6.47. The Labute approximate surface area is 177 Å². The van der Waals surface area contributed by atoms with Gasteiger partial charge < -0.3 is 14.5 Å². The number of hydrogen-bond acceptors (Lipinski definition) is 9. The lowest BCUT2D eigenvalue weighted by molar-refractivity contribution is 0.247. The van der Waals surface area contributed by atoms with Crippen LogP contribution in [0.2, 0.25) is 0 Å². The van der Waals surface area contributed by atoms with Gasteiger partial charge in [0.25, 0.3) is 0 Å². The molecule has 9 nitrogen and oxygen atoms in total. The predicted molar refractivity (Wildman–Crippen MR) is 113 cm³/mol. The van der Waals surface area contributed by atoms with Crippen molar-refractivity contribution in [3.63, 3.8) is 0 Å². The molecule has 3 aliphatic carbocycles. The molecule has 3 saturated carbocycles. The van der Waals surface area contributed by atoms with Crippen molar-refractivity contribution < 1.29 is 14.5 Å². The van der Waals surface area contributed by atoms with Crippen LogP contribution in [0.3, 0.4) is 0 Å². The van der Waals surface area contributed by atoms with Crippen LogP contribution in [0.5, 0.6) is 18.0 Å². The molecule has 0 atom stereocenters. The Morgan fingerprint density at radius 1 is 0.400 bits per heavy atom. The summed E-state index contributed by atoms with van der Waals surface area (Å²) in [4.78, 5) is 29.0. The molecule has 1 aromatic rings. The van der Waals surface area contributed by atoms with Gasteiger partial charge in [-0.2, -0.15) is 0 Å². The molecule has 3 aliphatic rings. The van der Waals surface area contributed by atoms with Crippen LogP contribution >= 0.6 is 0 Å². The lowest BCUT2D eigenvalue weighted by atomic mass is 9.99. The van der Waals surface area contributed by atoms with Gasteiger partial charge in [-0.25, -0.2) is 0 Å². The SMILES string of the molecule is C1CCC(=NOc2nc(ON=C3CCCCC3)nc(ON=C3CCCCC3)n2)CC1. The fraction of sp³-hybridized carbons (Fsp3) is 0.714. The van der Waals surface area contributed by atoms with E-state index in [0.29, 0.717) is 0 Å². The minimum Gasteiger partial charge on any atom is -0.315 e. The summed E-state index contributed by atoms with van der Waals surface area (Å²) in [5, 5.41) is 12.7. The van der Waals surface area contributed by atoms with E-state index in [0.717, 1.165) is 94.2 Å². The molecule has 30 heavy (non-hydrogen) atoms. The van der Waals surface area contributed by atoms with E-state index in [-0.39, 0.29) is 18.0 Å². The molecule has 0 bridgehead atoms. The van der Waals surface area contributed by atoms with Gasteiger partial charge >= 0.3 is 18.0 Å². The molecular weight excluding hydrogens is 384 g/mol. The summed E-state index contributed by atoms with van der Waals surface area (Å²) >= 11 is 0. The Balaban J connectivity index is 1.48. The van der Waals surface area contributed by atoms with Gasteiger partial charge in [0.15, 0.2) is 0 Å².